The molecular formula is C26H38N4O2. The van der Waals surface area contributed by atoms with Crippen LogP contribution in [0.2, 0.25) is 0 Å². The lowest BCUT2D eigenvalue weighted by Gasteiger charge is -2.57. The molecule has 1 aromatic carbocycles. The molecule has 2 heterocycles. The standard InChI is InChI=1S/C26H38N4O2/c1-28(2)15-7-8-20-11-13-21(14-12-20)25-23-18-29(26(32)27-22-9-3-4-10-22)16-5-6-17-30(23)24(25)19-31/h11-14,22-25,31H,3-6,9-10,15-19H2,1-2H3,(H,27,32)/t23-,24-,25+/m0/s1. The van der Waals surface area contributed by atoms with Crippen LogP contribution in [0.15, 0.2) is 24.3 Å². The largest absolute Gasteiger partial charge is 0.395 e. The fourth-order valence-corrected chi connectivity index (χ4v) is 5.55. The van der Waals surface area contributed by atoms with E-state index < -0.39 is 0 Å². The zero-order valence-corrected chi connectivity index (χ0v) is 19.6. The van der Waals surface area contributed by atoms with Crippen LogP contribution in [0, 0.1) is 11.8 Å². The predicted molar refractivity (Wildman–Crippen MR) is 128 cm³/mol. The molecule has 1 aliphatic carbocycles. The van der Waals surface area contributed by atoms with E-state index in [1.54, 1.807) is 0 Å². The summed E-state index contributed by atoms with van der Waals surface area (Å²) >= 11 is 0. The molecular weight excluding hydrogens is 400 g/mol. The summed E-state index contributed by atoms with van der Waals surface area (Å²) in [6.07, 6.45) is 6.73. The van der Waals surface area contributed by atoms with Gasteiger partial charge in [-0.05, 0) is 64.0 Å². The summed E-state index contributed by atoms with van der Waals surface area (Å²) in [6, 6.07) is 9.31. The number of carbonyl (C=O) groups excluding carboxylic acids is 1. The molecule has 6 nitrogen and oxygen atoms in total. The van der Waals surface area contributed by atoms with Crippen LogP contribution in [0.5, 0.6) is 0 Å². The lowest BCUT2D eigenvalue weighted by Crippen LogP contribution is -2.68. The van der Waals surface area contributed by atoms with Crippen LogP contribution in [-0.4, -0.2) is 90.8 Å². The number of benzene rings is 1. The Hall–Kier alpha value is -2.07. The first-order valence-electron chi connectivity index (χ1n) is 12.2. The van der Waals surface area contributed by atoms with Gasteiger partial charge in [0, 0.05) is 42.7 Å². The average molecular weight is 439 g/mol. The minimum absolute atomic E-state index is 0.0939. The fraction of sp³-hybridized carbons (Fsp3) is 0.654. The Labute approximate surface area is 192 Å². The number of aliphatic hydroxyl groups excluding tert-OH is 1. The van der Waals surface area contributed by atoms with Gasteiger partial charge in [0.15, 0.2) is 0 Å². The van der Waals surface area contributed by atoms with Crippen molar-refractivity contribution in [2.45, 2.75) is 62.6 Å². The molecule has 6 heteroatoms. The Morgan fingerprint density at radius 3 is 2.53 bits per heavy atom. The number of hydrogen-bond donors (Lipinski definition) is 2. The highest BCUT2D eigenvalue weighted by Crippen LogP contribution is 2.42. The van der Waals surface area contributed by atoms with Crippen LogP contribution in [0.4, 0.5) is 4.79 Å². The van der Waals surface area contributed by atoms with Gasteiger partial charge in [-0.2, -0.15) is 0 Å². The number of aliphatic hydroxyl groups is 1. The van der Waals surface area contributed by atoms with Crippen LogP contribution >= 0.6 is 0 Å². The Balaban J connectivity index is 1.46. The third kappa shape index (κ3) is 5.28. The first kappa shape index (κ1) is 23.1. The fourth-order valence-electron chi connectivity index (χ4n) is 5.55. The van der Waals surface area contributed by atoms with E-state index in [2.05, 4.69) is 51.2 Å². The van der Waals surface area contributed by atoms with E-state index in [9.17, 15) is 9.90 Å². The second-order valence-electron chi connectivity index (χ2n) is 9.83. The van der Waals surface area contributed by atoms with Crippen LogP contribution in [0.3, 0.4) is 0 Å². The van der Waals surface area contributed by atoms with Gasteiger partial charge in [-0.15, -0.1) is 0 Å². The smallest absolute Gasteiger partial charge is 0.317 e. The predicted octanol–water partition coefficient (Wildman–Crippen LogP) is 2.48. The summed E-state index contributed by atoms with van der Waals surface area (Å²) in [6.45, 7) is 3.44. The van der Waals surface area contributed by atoms with E-state index in [1.807, 2.05) is 19.0 Å². The number of urea groups is 1. The van der Waals surface area contributed by atoms with E-state index >= 15 is 0 Å². The lowest BCUT2D eigenvalue weighted by atomic mass is 9.74. The van der Waals surface area contributed by atoms with Crippen LogP contribution in [0.1, 0.15) is 55.6 Å². The van der Waals surface area contributed by atoms with Crippen molar-refractivity contribution in [1.29, 1.82) is 0 Å². The molecule has 174 valence electrons. The number of rotatable bonds is 4. The Kier molecular flexibility index (Phi) is 7.72. The molecule has 4 rings (SSSR count). The zero-order chi connectivity index (χ0) is 22.5. The summed E-state index contributed by atoms with van der Waals surface area (Å²) in [7, 11) is 4.03. The molecule has 0 aromatic heterocycles. The van der Waals surface area contributed by atoms with Crippen LogP contribution in [-0.2, 0) is 0 Å². The van der Waals surface area contributed by atoms with Crippen LogP contribution < -0.4 is 5.32 Å². The van der Waals surface area contributed by atoms with Crippen molar-refractivity contribution in [1.82, 2.24) is 20.0 Å². The molecule has 1 saturated carbocycles. The molecule has 2 amide bonds. The first-order chi connectivity index (χ1) is 15.6. The molecule has 1 aromatic rings. The molecule has 3 aliphatic rings. The molecule has 2 saturated heterocycles. The monoisotopic (exact) mass is 438 g/mol. The molecule has 0 bridgehead atoms. The number of nitrogens with one attached hydrogen (secondary N) is 1. The quantitative estimate of drug-likeness (QED) is 0.709. The van der Waals surface area contributed by atoms with E-state index in [0.717, 1.165) is 57.4 Å². The van der Waals surface area contributed by atoms with E-state index in [-0.39, 0.29) is 30.6 Å². The molecule has 3 fully saturated rings. The third-order valence-electron chi connectivity index (χ3n) is 7.26. The molecule has 32 heavy (non-hydrogen) atoms. The molecule has 0 unspecified atom stereocenters. The molecule has 2 aliphatic heterocycles. The van der Waals surface area contributed by atoms with Gasteiger partial charge < -0.3 is 15.3 Å². The number of carbonyl (C=O) groups is 1. The summed E-state index contributed by atoms with van der Waals surface area (Å²) in [4.78, 5) is 19.5. The maximum absolute atomic E-state index is 13.0. The highest BCUT2D eigenvalue weighted by atomic mass is 16.3. The van der Waals surface area contributed by atoms with Gasteiger partial charge in [0.2, 0.25) is 0 Å². The second-order valence-corrected chi connectivity index (χ2v) is 9.83. The summed E-state index contributed by atoms with van der Waals surface area (Å²) in [5.74, 6) is 6.64. The number of nitrogens with zero attached hydrogens (tertiary/aromatic N) is 3. The van der Waals surface area contributed by atoms with Crippen molar-refractivity contribution >= 4 is 6.03 Å². The van der Waals surface area contributed by atoms with Gasteiger partial charge in [-0.25, -0.2) is 4.79 Å². The second kappa shape index (κ2) is 10.7. The maximum Gasteiger partial charge on any atom is 0.317 e. The van der Waals surface area contributed by atoms with Gasteiger partial charge in [-0.3, -0.25) is 9.80 Å². The van der Waals surface area contributed by atoms with Gasteiger partial charge >= 0.3 is 6.03 Å². The Morgan fingerprint density at radius 2 is 1.84 bits per heavy atom. The van der Waals surface area contributed by atoms with Crippen molar-refractivity contribution in [2.75, 3.05) is 46.9 Å². The van der Waals surface area contributed by atoms with Gasteiger partial charge in [0.1, 0.15) is 0 Å². The first-order valence-corrected chi connectivity index (χ1v) is 12.2. The topological polar surface area (TPSA) is 59.1 Å². The highest BCUT2D eigenvalue weighted by molar-refractivity contribution is 5.74. The Bertz CT molecular complexity index is 822. The maximum atomic E-state index is 13.0. The Morgan fingerprint density at radius 1 is 1.12 bits per heavy atom. The number of hydrogen-bond acceptors (Lipinski definition) is 4. The SMILES string of the molecule is CN(C)CC#Cc1ccc([C@H]2[C@H](CO)N3CCCCN(C(=O)NC4CCCC4)C[C@@H]23)cc1. The average Bonchev–Trinajstić information content (AvgIpc) is 3.26. The van der Waals surface area contributed by atoms with Crippen LogP contribution in [0.25, 0.3) is 0 Å². The number of amides is 2. The van der Waals surface area contributed by atoms with Gasteiger partial charge in [-0.1, -0.05) is 36.8 Å². The molecule has 3 atom stereocenters. The lowest BCUT2D eigenvalue weighted by molar-refractivity contribution is -0.0591. The van der Waals surface area contributed by atoms with Gasteiger partial charge in [0.05, 0.1) is 13.2 Å². The third-order valence-corrected chi connectivity index (χ3v) is 7.26. The van der Waals surface area contributed by atoms with E-state index in [0.29, 0.717) is 6.04 Å². The minimum Gasteiger partial charge on any atom is -0.395 e. The van der Waals surface area contributed by atoms with Crippen molar-refractivity contribution in [3.63, 3.8) is 0 Å². The zero-order valence-electron chi connectivity index (χ0n) is 19.6. The minimum atomic E-state index is 0.0939. The summed E-state index contributed by atoms with van der Waals surface area (Å²) in [5.41, 5.74) is 2.25. The van der Waals surface area contributed by atoms with Crippen molar-refractivity contribution in [2.24, 2.45) is 0 Å². The number of fused-ring (bicyclic) bond motifs is 1. The van der Waals surface area contributed by atoms with Crippen molar-refractivity contribution < 1.29 is 9.90 Å². The van der Waals surface area contributed by atoms with Gasteiger partial charge in [0.25, 0.3) is 0 Å². The van der Waals surface area contributed by atoms with E-state index in [1.165, 1.54) is 18.4 Å². The summed E-state index contributed by atoms with van der Waals surface area (Å²) < 4.78 is 0. The summed E-state index contributed by atoms with van der Waals surface area (Å²) in [5, 5.41) is 13.4. The van der Waals surface area contributed by atoms with Crippen molar-refractivity contribution in [3.05, 3.63) is 35.4 Å². The highest BCUT2D eigenvalue weighted by Gasteiger charge is 2.49. The molecule has 0 radical (unpaired) electrons. The molecule has 0 spiro atoms. The van der Waals surface area contributed by atoms with E-state index in [4.69, 9.17) is 0 Å². The molecule has 2 N–H and O–H groups in total. The normalized spacial score (nSPS) is 26.5. The van der Waals surface area contributed by atoms with Crippen molar-refractivity contribution in [3.8, 4) is 11.8 Å².